The van der Waals surface area contributed by atoms with E-state index < -0.39 is 5.97 Å². The second-order valence-electron chi connectivity index (χ2n) is 3.36. The minimum absolute atomic E-state index is 0.166. The molecular weight excluding hydrogens is 216 g/mol. The van der Waals surface area contributed by atoms with Crippen molar-refractivity contribution < 1.29 is 9.90 Å². The molecule has 2 aromatic rings. The van der Waals surface area contributed by atoms with E-state index in [4.69, 9.17) is 22.4 Å². The Labute approximate surface area is 90.9 Å². The lowest BCUT2D eigenvalue weighted by Gasteiger charge is -2.03. The molecular formula is C10H9ClN2O2. The van der Waals surface area contributed by atoms with Crippen LogP contribution in [0.4, 0.5) is 5.69 Å². The van der Waals surface area contributed by atoms with E-state index in [9.17, 15) is 4.79 Å². The molecule has 0 saturated carbocycles. The van der Waals surface area contributed by atoms with Gasteiger partial charge in [-0.25, -0.2) is 4.79 Å². The Hall–Kier alpha value is -1.68. The Morgan fingerprint density at radius 3 is 2.80 bits per heavy atom. The number of halogens is 1. The van der Waals surface area contributed by atoms with Crippen LogP contribution in [-0.2, 0) is 7.05 Å². The van der Waals surface area contributed by atoms with Gasteiger partial charge in [0.15, 0.2) is 0 Å². The molecule has 0 radical (unpaired) electrons. The number of aryl methyl sites for hydroxylation is 1. The van der Waals surface area contributed by atoms with Crippen LogP contribution in [0.15, 0.2) is 18.3 Å². The highest BCUT2D eigenvalue weighted by molar-refractivity contribution is 6.36. The smallest absolute Gasteiger partial charge is 0.337 e. The summed E-state index contributed by atoms with van der Waals surface area (Å²) >= 11 is 5.96. The zero-order valence-electron chi connectivity index (χ0n) is 7.99. The highest BCUT2D eigenvalue weighted by Gasteiger charge is 2.15. The van der Waals surface area contributed by atoms with Gasteiger partial charge in [-0.3, -0.25) is 0 Å². The Balaban J connectivity index is 2.96. The van der Waals surface area contributed by atoms with E-state index in [2.05, 4.69) is 0 Å². The van der Waals surface area contributed by atoms with Crippen LogP contribution in [0.2, 0.25) is 5.02 Å². The Bertz CT molecular complexity index is 560. The predicted octanol–water partition coefficient (Wildman–Crippen LogP) is 2.11. The van der Waals surface area contributed by atoms with E-state index in [0.29, 0.717) is 21.6 Å². The van der Waals surface area contributed by atoms with Gasteiger partial charge >= 0.3 is 5.97 Å². The van der Waals surface area contributed by atoms with Crippen LogP contribution >= 0.6 is 11.6 Å². The summed E-state index contributed by atoms with van der Waals surface area (Å²) in [5.74, 6) is -1.01. The SMILES string of the molecule is Cn1cc(Cl)c2cc(N)cc(C(=O)O)c21. The average Bonchev–Trinajstić information content (AvgIpc) is 2.41. The molecule has 0 aliphatic rings. The van der Waals surface area contributed by atoms with Crippen molar-refractivity contribution in [1.82, 2.24) is 4.57 Å². The maximum Gasteiger partial charge on any atom is 0.337 e. The maximum absolute atomic E-state index is 11.0. The summed E-state index contributed by atoms with van der Waals surface area (Å²) in [5, 5.41) is 10.2. The molecule has 2 rings (SSSR count). The summed E-state index contributed by atoms with van der Waals surface area (Å²) in [5.41, 5.74) is 6.76. The van der Waals surface area contributed by atoms with Crippen molar-refractivity contribution in [3.63, 3.8) is 0 Å². The van der Waals surface area contributed by atoms with Crippen molar-refractivity contribution >= 4 is 34.2 Å². The minimum atomic E-state index is -1.01. The molecule has 0 aliphatic heterocycles. The van der Waals surface area contributed by atoms with E-state index in [0.717, 1.165) is 0 Å². The summed E-state index contributed by atoms with van der Waals surface area (Å²) in [4.78, 5) is 11.0. The summed E-state index contributed by atoms with van der Waals surface area (Å²) in [6.45, 7) is 0. The first kappa shape index (κ1) is 9.86. The fourth-order valence-electron chi connectivity index (χ4n) is 1.69. The molecule has 0 unspecified atom stereocenters. The number of carbonyl (C=O) groups is 1. The molecule has 4 nitrogen and oxygen atoms in total. The number of nitrogen functional groups attached to an aromatic ring is 1. The molecule has 1 aromatic carbocycles. The second kappa shape index (κ2) is 3.17. The number of anilines is 1. The van der Waals surface area contributed by atoms with Crippen molar-refractivity contribution in [2.24, 2.45) is 7.05 Å². The van der Waals surface area contributed by atoms with Crippen molar-refractivity contribution in [2.45, 2.75) is 0 Å². The number of hydrogen-bond donors (Lipinski definition) is 2. The first-order valence-electron chi connectivity index (χ1n) is 4.28. The number of hydrogen-bond acceptors (Lipinski definition) is 2. The number of benzene rings is 1. The molecule has 5 heteroatoms. The summed E-state index contributed by atoms with van der Waals surface area (Å²) < 4.78 is 1.68. The zero-order valence-corrected chi connectivity index (χ0v) is 8.75. The minimum Gasteiger partial charge on any atom is -0.478 e. The third kappa shape index (κ3) is 1.43. The largest absolute Gasteiger partial charge is 0.478 e. The van der Waals surface area contributed by atoms with Gasteiger partial charge in [-0.1, -0.05) is 11.6 Å². The summed E-state index contributed by atoms with van der Waals surface area (Å²) in [6.07, 6.45) is 1.66. The molecule has 0 amide bonds. The van der Waals surface area contributed by atoms with Crippen LogP contribution in [0, 0.1) is 0 Å². The number of aromatic nitrogens is 1. The third-order valence-electron chi connectivity index (χ3n) is 2.28. The van der Waals surface area contributed by atoms with Crippen LogP contribution in [0.3, 0.4) is 0 Å². The highest BCUT2D eigenvalue weighted by Crippen LogP contribution is 2.30. The van der Waals surface area contributed by atoms with Crippen molar-refractivity contribution in [2.75, 3.05) is 5.73 Å². The van der Waals surface area contributed by atoms with Crippen LogP contribution < -0.4 is 5.73 Å². The number of nitrogens with zero attached hydrogens (tertiary/aromatic N) is 1. The number of carboxylic acids is 1. The van der Waals surface area contributed by atoms with E-state index in [1.54, 1.807) is 23.9 Å². The van der Waals surface area contributed by atoms with Crippen molar-refractivity contribution in [1.29, 1.82) is 0 Å². The Morgan fingerprint density at radius 1 is 1.53 bits per heavy atom. The van der Waals surface area contributed by atoms with Gasteiger partial charge in [0, 0.05) is 24.3 Å². The lowest BCUT2D eigenvalue weighted by Crippen LogP contribution is -2.01. The van der Waals surface area contributed by atoms with E-state index >= 15 is 0 Å². The van der Waals surface area contributed by atoms with Crippen LogP contribution in [0.1, 0.15) is 10.4 Å². The van der Waals surface area contributed by atoms with Gasteiger partial charge in [0.25, 0.3) is 0 Å². The number of nitrogens with two attached hydrogens (primary N) is 1. The monoisotopic (exact) mass is 224 g/mol. The predicted molar refractivity (Wildman–Crippen MR) is 59.3 cm³/mol. The fraction of sp³-hybridized carbons (Fsp3) is 0.100. The van der Waals surface area contributed by atoms with Gasteiger partial charge in [0.05, 0.1) is 16.1 Å². The van der Waals surface area contributed by atoms with E-state index in [1.807, 2.05) is 0 Å². The topological polar surface area (TPSA) is 68.2 Å². The van der Waals surface area contributed by atoms with E-state index in [-0.39, 0.29) is 5.56 Å². The number of fused-ring (bicyclic) bond motifs is 1. The number of rotatable bonds is 1. The molecule has 0 saturated heterocycles. The standard InChI is InChI=1S/C10H9ClN2O2/c1-13-4-8(11)6-2-5(12)3-7(9(6)13)10(14)15/h2-4H,12H2,1H3,(H,14,15). The Kier molecular flexibility index (Phi) is 2.08. The van der Waals surface area contributed by atoms with Crippen molar-refractivity contribution in [3.8, 4) is 0 Å². The van der Waals surface area contributed by atoms with Crippen LogP contribution in [0.5, 0.6) is 0 Å². The Morgan fingerprint density at radius 2 is 2.20 bits per heavy atom. The number of carboxylic acid groups (broad SMARTS) is 1. The summed E-state index contributed by atoms with van der Waals surface area (Å²) in [7, 11) is 1.75. The first-order valence-corrected chi connectivity index (χ1v) is 4.66. The van der Waals surface area contributed by atoms with Gasteiger partial charge in [-0.2, -0.15) is 0 Å². The molecule has 3 N–H and O–H groups in total. The van der Waals surface area contributed by atoms with Crippen LogP contribution in [0.25, 0.3) is 10.9 Å². The molecule has 0 atom stereocenters. The lowest BCUT2D eigenvalue weighted by molar-refractivity contribution is 0.0698. The summed E-state index contributed by atoms with van der Waals surface area (Å²) in [6, 6.07) is 3.10. The molecule has 78 valence electrons. The van der Waals surface area contributed by atoms with E-state index in [1.165, 1.54) is 6.07 Å². The number of aromatic carboxylic acids is 1. The van der Waals surface area contributed by atoms with Crippen LogP contribution in [-0.4, -0.2) is 15.6 Å². The second-order valence-corrected chi connectivity index (χ2v) is 3.76. The molecule has 0 spiro atoms. The zero-order chi connectivity index (χ0) is 11.2. The normalized spacial score (nSPS) is 10.8. The first-order chi connectivity index (χ1) is 7.00. The molecule has 1 heterocycles. The van der Waals surface area contributed by atoms with Gasteiger partial charge < -0.3 is 15.4 Å². The molecule has 0 fully saturated rings. The molecule has 15 heavy (non-hydrogen) atoms. The average molecular weight is 225 g/mol. The molecule has 0 bridgehead atoms. The highest BCUT2D eigenvalue weighted by atomic mass is 35.5. The quantitative estimate of drug-likeness (QED) is 0.729. The molecule has 1 aromatic heterocycles. The van der Waals surface area contributed by atoms with Crippen molar-refractivity contribution in [3.05, 3.63) is 28.9 Å². The molecule has 0 aliphatic carbocycles. The van der Waals surface area contributed by atoms with Gasteiger partial charge in [0.1, 0.15) is 0 Å². The maximum atomic E-state index is 11.0. The van der Waals surface area contributed by atoms with Gasteiger partial charge in [-0.15, -0.1) is 0 Å². The fourth-order valence-corrected chi connectivity index (χ4v) is 1.98. The third-order valence-corrected chi connectivity index (χ3v) is 2.58. The van der Waals surface area contributed by atoms with Gasteiger partial charge in [-0.05, 0) is 12.1 Å². The lowest BCUT2D eigenvalue weighted by atomic mass is 10.1. The van der Waals surface area contributed by atoms with Gasteiger partial charge in [0.2, 0.25) is 0 Å².